The highest BCUT2D eigenvalue weighted by Gasteiger charge is 1.99. The van der Waals surface area contributed by atoms with E-state index < -0.39 is 0 Å². The fourth-order valence-electron chi connectivity index (χ4n) is 0.795. The molecule has 0 atom stereocenters. The molecule has 0 aliphatic heterocycles. The Morgan fingerprint density at radius 1 is 1.14 bits per heavy atom. The summed E-state index contributed by atoms with van der Waals surface area (Å²) in [7, 11) is 0. The van der Waals surface area contributed by atoms with E-state index in [9.17, 15) is 4.79 Å². The Hall–Kier alpha value is -0.610. The van der Waals surface area contributed by atoms with Crippen LogP contribution >= 0.6 is 0 Å². The quantitative estimate of drug-likeness (QED) is 0.417. The minimum atomic E-state index is -0.214. The van der Waals surface area contributed by atoms with Crippen LogP contribution in [0.5, 0.6) is 0 Å². The van der Waals surface area contributed by atoms with E-state index in [-0.39, 0.29) is 5.97 Å². The Morgan fingerprint density at radius 3 is 2.43 bits per heavy atom. The molecule has 0 unspecified atom stereocenters. The zero-order valence-corrected chi connectivity index (χ0v) is 8.79. The summed E-state index contributed by atoms with van der Waals surface area (Å²) in [5, 5.41) is 0. The molecule has 0 N–H and O–H groups in total. The van der Waals surface area contributed by atoms with Crippen molar-refractivity contribution in [2.75, 3.05) is 33.0 Å². The molecule has 0 spiro atoms. The van der Waals surface area contributed by atoms with Crippen molar-refractivity contribution in [1.82, 2.24) is 0 Å². The second-order valence-electron chi connectivity index (χ2n) is 2.63. The van der Waals surface area contributed by atoms with Crippen LogP contribution in [0, 0.1) is 6.92 Å². The molecule has 0 aromatic rings. The number of rotatable bonds is 9. The molecule has 4 heteroatoms. The first-order valence-corrected chi connectivity index (χ1v) is 4.91. The molecule has 0 heterocycles. The van der Waals surface area contributed by atoms with Gasteiger partial charge in [0.05, 0.1) is 19.8 Å². The Labute approximate surface area is 85.5 Å². The van der Waals surface area contributed by atoms with Crippen molar-refractivity contribution in [3.05, 3.63) is 6.92 Å². The predicted molar refractivity (Wildman–Crippen MR) is 52.9 cm³/mol. The van der Waals surface area contributed by atoms with Gasteiger partial charge in [0, 0.05) is 13.0 Å². The predicted octanol–water partition coefficient (Wildman–Crippen LogP) is 1.20. The topological polar surface area (TPSA) is 44.8 Å². The van der Waals surface area contributed by atoms with Crippen LogP contribution in [-0.4, -0.2) is 39.0 Å². The van der Waals surface area contributed by atoms with Gasteiger partial charge in [0.1, 0.15) is 6.61 Å². The van der Waals surface area contributed by atoms with Gasteiger partial charge in [0.15, 0.2) is 0 Å². The maximum absolute atomic E-state index is 10.8. The van der Waals surface area contributed by atoms with Crippen molar-refractivity contribution >= 4 is 5.97 Å². The van der Waals surface area contributed by atoms with E-state index in [1.165, 1.54) is 0 Å². The number of hydrogen-bond donors (Lipinski definition) is 0. The Kier molecular flexibility index (Phi) is 10.0. The fourth-order valence-corrected chi connectivity index (χ4v) is 0.795. The van der Waals surface area contributed by atoms with Crippen LogP contribution in [0.1, 0.15) is 19.8 Å². The molecule has 0 saturated carbocycles. The van der Waals surface area contributed by atoms with Crippen LogP contribution in [0.4, 0.5) is 0 Å². The second-order valence-corrected chi connectivity index (χ2v) is 2.63. The van der Waals surface area contributed by atoms with Crippen LogP contribution in [0.3, 0.4) is 0 Å². The molecule has 0 aromatic heterocycles. The second kappa shape index (κ2) is 10.5. The van der Waals surface area contributed by atoms with Crippen molar-refractivity contribution < 1.29 is 19.0 Å². The third-order valence-corrected chi connectivity index (χ3v) is 1.45. The summed E-state index contributed by atoms with van der Waals surface area (Å²) < 4.78 is 15.0. The normalized spacial score (nSPS) is 10.1. The summed E-state index contributed by atoms with van der Waals surface area (Å²) >= 11 is 0. The van der Waals surface area contributed by atoms with Gasteiger partial charge >= 0.3 is 5.97 Å². The number of esters is 1. The van der Waals surface area contributed by atoms with E-state index in [0.29, 0.717) is 45.9 Å². The third kappa shape index (κ3) is 9.48. The Morgan fingerprint density at radius 2 is 1.79 bits per heavy atom. The highest BCUT2D eigenvalue weighted by molar-refractivity contribution is 5.69. The highest BCUT2D eigenvalue weighted by atomic mass is 16.6. The summed E-state index contributed by atoms with van der Waals surface area (Å²) in [6.07, 6.45) is 0.947. The third-order valence-electron chi connectivity index (χ3n) is 1.45. The average molecular weight is 203 g/mol. The SMILES string of the molecule is [CH2]CCC(=O)OCCOCCOCC. The smallest absolute Gasteiger partial charge is 0.305 e. The lowest BCUT2D eigenvalue weighted by molar-refractivity contribution is -0.145. The Balaban J connectivity index is 3.01. The molecular formula is C10H19O4. The van der Waals surface area contributed by atoms with Gasteiger partial charge in [-0.2, -0.15) is 0 Å². The molecule has 14 heavy (non-hydrogen) atoms. The number of carbonyl (C=O) groups excluding carboxylic acids is 1. The lowest BCUT2D eigenvalue weighted by atomic mass is 10.3. The zero-order valence-electron chi connectivity index (χ0n) is 8.79. The van der Waals surface area contributed by atoms with Crippen LogP contribution in [0.2, 0.25) is 0 Å². The molecule has 0 aromatic carbocycles. The van der Waals surface area contributed by atoms with Gasteiger partial charge in [-0.05, 0) is 13.3 Å². The molecule has 0 saturated heterocycles. The van der Waals surface area contributed by atoms with E-state index in [1.807, 2.05) is 6.92 Å². The highest BCUT2D eigenvalue weighted by Crippen LogP contribution is 1.90. The molecule has 83 valence electrons. The van der Waals surface area contributed by atoms with Crippen molar-refractivity contribution in [1.29, 1.82) is 0 Å². The summed E-state index contributed by atoms with van der Waals surface area (Å²) in [6.45, 7) is 8.05. The van der Waals surface area contributed by atoms with Gasteiger partial charge in [0.25, 0.3) is 0 Å². The van der Waals surface area contributed by atoms with E-state index in [1.54, 1.807) is 0 Å². The monoisotopic (exact) mass is 203 g/mol. The average Bonchev–Trinajstić information content (AvgIpc) is 2.17. The first kappa shape index (κ1) is 13.4. The van der Waals surface area contributed by atoms with Crippen molar-refractivity contribution in [2.24, 2.45) is 0 Å². The fraction of sp³-hybridized carbons (Fsp3) is 0.800. The van der Waals surface area contributed by atoms with E-state index in [2.05, 4.69) is 6.92 Å². The summed E-state index contributed by atoms with van der Waals surface area (Å²) in [5.74, 6) is -0.214. The van der Waals surface area contributed by atoms with E-state index in [4.69, 9.17) is 14.2 Å². The van der Waals surface area contributed by atoms with Crippen LogP contribution in [0.15, 0.2) is 0 Å². The van der Waals surface area contributed by atoms with Crippen LogP contribution < -0.4 is 0 Å². The lowest BCUT2D eigenvalue weighted by Gasteiger charge is -2.05. The van der Waals surface area contributed by atoms with Gasteiger partial charge in [-0.15, -0.1) is 0 Å². The molecule has 0 aliphatic rings. The van der Waals surface area contributed by atoms with Crippen LogP contribution in [0.25, 0.3) is 0 Å². The van der Waals surface area contributed by atoms with Crippen molar-refractivity contribution in [2.45, 2.75) is 19.8 Å². The Bertz CT molecular complexity index is 136. The zero-order chi connectivity index (χ0) is 10.6. The van der Waals surface area contributed by atoms with Gasteiger partial charge in [-0.1, -0.05) is 6.92 Å². The number of hydrogen-bond acceptors (Lipinski definition) is 4. The van der Waals surface area contributed by atoms with Gasteiger partial charge in [-0.25, -0.2) is 0 Å². The summed E-state index contributed by atoms with van der Waals surface area (Å²) in [6, 6.07) is 0. The molecule has 0 fully saturated rings. The summed E-state index contributed by atoms with van der Waals surface area (Å²) in [5.41, 5.74) is 0. The molecule has 4 nitrogen and oxygen atoms in total. The van der Waals surface area contributed by atoms with Crippen LogP contribution in [-0.2, 0) is 19.0 Å². The van der Waals surface area contributed by atoms with Crippen molar-refractivity contribution in [3.8, 4) is 0 Å². The van der Waals surface area contributed by atoms with Crippen molar-refractivity contribution in [3.63, 3.8) is 0 Å². The number of carbonyl (C=O) groups is 1. The van der Waals surface area contributed by atoms with Gasteiger partial charge in [0.2, 0.25) is 0 Å². The molecule has 1 radical (unpaired) electrons. The largest absolute Gasteiger partial charge is 0.463 e. The maximum atomic E-state index is 10.8. The number of ether oxygens (including phenoxy) is 3. The van der Waals surface area contributed by atoms with Gasteiger partial charge < -0.3 is 14.2 Å². The molecule has 0 rings (SSSR count). The maximum Gasteiger partial charge on any atom is 0.305 e. The molecular weight excluding hydrogens is 184 g/mol. The lowest BCUT2D eigenvalue weighted by Crippen LogP contribution is -2.12. The first-order valence-electron chi connectivity index (χ1n) is 4.91. The molecule has 0 bridgehead atoms. The van der Waals surface area contributed by atoms with Gasteiger partial charge in [-0.3, -0.25) is 4.79 Å². The standard InChI is InChI=1S/C10H19O4/c1-3-5-10(11)14-9-8-13-7-6-12-4-2/h1,3-9H2,2H3. The minimum absolute atomic E-state index is 0.214. The summed E-state index contributed by atoms with van der Waals surface area (Å²) in [4.78, 5) is 10.8. The minimum Gasteiger partial charge on any atom is -0.463 e. The molecule has 0 aliphatic carbocycles. The van der Waals surface area contributed by atoms with E-state index in [0.717, 1.165) is 0 Å². The van der Waals surface area contributed by atoms with E-state index >= 15 is 0 Å². The molecule has 0 amide bonds. The first-order chi connectivity index (χ1) is 6.81.